The van der Waals surface area contributed by atoms with Gasteiger partial charge in [0.1, 0.15) is 0 Å². The van der Waals surface area contributed by atoms with E-state index in [9.17, 15) is 9.59 Å². The summed E-state index contributed by atoms with van der Waals surface area (Å²) in [5.41, 5.74) is 1.92. The van der Waals surface area contributed by atoms with Gasteiger partial charge in [0.05, 0.1) is 6.10 Å². The van der Waals surface area contributed by atoms with Crippen LogP contribution in [0.3, 0.4) is 0 Å². The van der Waals surface area contributed by atoms with Crippen LogP contribution in [-0.2, 0) is 4.74 Å². The van der Waals surface area contributed by atoms with E-state index in [2.05, 4.69) is 17.4 Å². The number of nitrogens with one attached hydrogen (secondary N) is 1. The summed E-state index contributed by atoms with van der Waals surface area (Å²) in [5, 5.41) is 2.96. The van der Waals surface area contributed by atoms with Crippen molar-refractivity contribution in [3.63, 3.8) is 0 Å². The minimum absolute atomic E-state index is 0.00863. The number of ether oxygens (including phenoxy) is 1. The SMILES string of the molecule is C[C@@H](OCCCNC(=O)N1CCC(C(=O)c2ccccc2)CC1)c1ccccc1. The molecule has 2 amide bonds. The maximum atomic E-state index is 12.5. The van der Waals surface area contributed by atoms with E-state index in [1.807, 2.05) is 60.4 Å². The van der Waals surface area contributed by atoms with Gasteiger partial charge in [0.2, 0.25) is 0 Å². The average Bonchev–Trinajstić information content (AvgIpc) is 2.79. The van der Waals surface area contributed by atoms with Crippen LogP contribution in [0.2, 0.25) is 0 Å². The van der Waals surface area contributed by atoms with Crippen molar-refractivity contribution in [2.24, 2.45) is 5.92 Å². The molecule has 1 fully saturated rings. The molecular formula is C24H30N2O3. The topological polar surface area (TPSA) is 58.6 Å². The van der Waals surface area contributed by atoms with Gasteiger partial charge in [0, 0.05) is 37.7 Å². The van der Waals surface area contributed by atoms with Gasteiger partial charge in [-0.05, 0) is 31.7 Å². The van der Waals surface area contributed by atoms with E-state index >= 15 is 0 Å². The van der Waals surface area contributed by atoms with Crippen LogP contribution in [-0.4, -0.2) is 43.0 Å². The van der Waals surface area contributed by atoms with Crippen LogP contribution in [0, 0.1) is 5.92 Å². The number of rotatable bonds is 8. The van der Waals surface area contributed by atoms with Crippen LogP contribution < -0.4 is 5.32 Å². The summed E-state index contributed by atoms with van der Waals surface area (Å²) in [6.45, 7) is 4.47. The molecule has 2 aromatic carbocycles. The molecule has 0 radical (unpaired) electrons. The van der Waals surface area contributed by atoms with Crippen molar-refractivity contribution < 1.29 is 14.3 Å². The van der Waals surface area contributed by atoms with Crippen molar-refractivity contribution in [3.8, 4) is 0 Å². The maximum absolute atomic E-state index is 12.5. The molecule has 0 bridgehead atoms. The van der Waals surface area contributed by atoms with Crippen molar-refractivity contribution in [2.45, 2.75) is 32.3 Å². The van der Waals surface area contributed by atoms with Crippen LogP contribution in [0.4, 0.5) is 4.79 Å². The molecule has 1 aliphatic heterocycles. The lowest BCUT2D eigenvalue weighted by atomic mass is 9.89. The fraction of sp³-hybridized carbons (Fsp3) is 0.417. The summed E-state index contributed by atoms with van der Waals surface area (Å²) >= 11 is 0. The van der Waals surface area contributed by atoms with E-state index < -0.39 is 0 Å². The van der Waals surface area contributed by atoms with Crippen LogP contribution in [0.25, 0.3) is 0 Å². The standard InChI is InChI=1S/C24H30N2O3/c1-19(20-9-4-2-5-10-20)29-18-8-15-25-24(28)26-16-13-22(14-17-26)23(27)21-11-6-3-7-12-21/h2-7,9-12,19,22H,8,13-18H2,1H3,(H,25,28)/t19-/m1/s1. The first kappa shape index (κ1) is 21.1. The molecule has 29 heavy (non-hydrogen) atoms. The number of nitrogens with zero attached hydrogens (tertiary/aromatic N) is 1. The van der Waals surface area contributed by atoms with Crippen LogP contribution in [0.5, 0.6) is 0 Å². The third kappa shape index (κ3) is 6.16. The van der Waals surface area contributed by atoms with Crippen molar-refractivity contribution >= 4 is 11.8 Å². The number of piperidine rings is 1. The maximum Gasteiger partial charge on any atom is 0.317 e. The fourth-order valence-electron chi connectivity index (χ4n) is 3.64. The Balaban J connectivity index is 1.31. The van der Waals surface area contributed by atoms with Crippen molar-refractivity contribution in [3.05, 3.63) is 71.8 Å². The highest BCUT2D eigenvalue weighted by molar-refractivity contribution is 5.97. The Morgan fingerprint density at radius 1 is 1.03 bits per heavy atom. The quantitative estimate of drug-likeness (QED) is 0.531. The van der Waals surface area contributed by atoms with E-state index in [1.54, 1.807) is 0 Å². The van der Waals surface area contributed by atoms with E-state index in [0.29, 0.717) is 26.2 Å². The Hall–Kier alpha value is -2.66. The minimum atomic E-state index is -0.0493. The van der Waals surface area contributed by atoms with Crippen LogP contribution >= 0.6 is 0 Å². The smallest absolute Gasteiger partial charge is 0.317 e. The zero-order valence-corrected chi connectivity index (χ0v) is 17.0. The third-order valence-corrected chi connectivity index (χ3v) is 5.45. The second kappa shape index (κ2) is 10.8. The molecule has 0 unspecified atom stereocenters. The van der Waals surface area contributed by atoms with Gasteiger partial charge in [-0.2, -0.15) is 0 Å². The molecule has 1 heterocycles. The summed E-state index contributed by atoms with van der Waals surface area (Å²) in [5.74, 6) is 0.199. The molecule has 1 aliphatic rings. The summed E-state index contributed by atoms with van der Waals surface area (Å²) in [7, 11) is 0. The number of benzene rings is 2. The van der Waals surface area contributed by atoms with Gasteiger partial charge in [-0.15, -0.1) is 0 Å². The predicted molar refractivity (Wildman–Crippen MR) is 114 cm³/mol. The number of carbonyl (C=O) groups is 2. The zero-order chi connectivity index (χ0) is 20.5. The van der Waals surface area contributed by atoms with Crippen molar-refractivity contribution in [2.75, 3.05) is 26.2 Å². The highest BCUT2D eigenvalue weighted by Crippen LogP contribution is 2.22. The second-order valence-electron chi connectivity index (χ2n) is 7.50. The molecule has 1 N–H and O–H groups in total. The lowest BCUT2D eigenvalue weighted by Gasteiger charge is -2.31. The molecule has 1 atom stereocenters. The predicted octanol–water partition coefficient (Wildman–Crippen LogP) is 4.46. The Morgan fingerprint density at radius 2 is 1.66 bits per heavy atom. The molecule has 3 rings (SSSR count). The molecule has 154 valence electrons. The number of ketones is 1. The van der Waals surface area contributed by atoms with E-state index in [-0.39, 0.29) is 23.8 Å². The molecule has 1 saturated heterocycles. The molecule has 5 nitrogen and oxygen atoms in total. The monoisotopic (exact) mass is 394 g/mol. The second-order valence-corrected chi connectivity index (χ2v) is 7.50. The van der Waals surface area contributed by atoms with Gasteiger partial charge in [0.25, 0.3) is 0 Å². The number of hydrogen-bond donors (Lipinski definition) is 1. The first-order valence-corrected chi connectivity index (χ1v) is 10.4. The molecule has 0 aliphatic carbocycles. The van der Waals surface area contributed by atoms with E-state index in [0.717, 1.165) is 30.4 Å². The lowest BCUT2D eigenvalue weighted by Crippen LogP contribution is -2.45. The summed E-state index contributed by atoms with van der Waals surface area (Å²) < 4.78 is 5.84. The molecule has 0 saturated carbocycles. The summed E-state index contributed by atoms with van der Waals surface area (Å²) in [6.07, 6.45) is 2.26. The van der Waals surface area contributed by atoms with Gasteiger partial charge in [-0.1, -0.05) is 60.7 Å². The minimum Gasteiger partial charge on any atom is -0.374 e. The van der Waals surface area contributed by atoms with Gasteiger partial charge in [-0.3, -0.25) is 4.79 Å². The molecule has 0 aromatic heterocycles. The van der Waals surface area contributed by atoms with Crippen molar-refractivity contribution in [1.82, 2.24) is 10.2 Å². The average molecular weight is 395 g/mol. The number of amides is 2. The Labute approximate surface area is 173 Å². The number of urea groups is 1. The number of hydrogen-bond acceptors (Lipinski definition) is 3. The van der Waals surface area contributed by atoms with Gasteiger partial charge in [0.15, 0.2) is 5.78 Å². The van der Waals surface area contributed by atoms with Crippen LogP contribution in [0.15, 0.2) is 60.7 Å². The van der Waals surface area contributed by atoms with Gasteiger partial charge >= 0.3 is 6.03 Å². The van der Waals surface area contributed by atoms with E-state index in [4.69, 9.17) is 4.74 Å². The third-order valence-electron chi connectivity index (χ3n) is 5.45. The summed E-state index contributed by atoms with van der Waals surface area (Å²) in [4.78, 5) is 26.7. The van der Waals surface area contributed by atoms with Gasteiger partial charge in [-0.25, -0.2) is 4.79 Å². The van der Waals surface area contributed by atoms with Gasteiger partial charge < -0.3 is 15.0 Å². The van der Waals surface area contributed by atoms with Crippen LogP contribution in [0.1, 0.15) is 48.2 Å². The molecular weight excluding hydrogens is 364 g/mol. The normalized spacial score (nSPS) is 15.7. The number of Topliss-reactive ketones (excluding diaryl/α,β-unsaturated/α-hetero) is 1. The molecule has 2 aromatic rings. The largest absolute Gasteiger partial charge is 0.374 e. The number of carbonyl (C=O) groups excluding carboxylic acids is 2. The molecule has 5 heteroatoms. The van der Waals surface area contributed by atoms with Crippen molar-refractivity contribution in [1.29, 1.82) is 0 Å². The number of likely N-dealkylation sites (tertiary alicyclic amines) is 1. The lowest BCUT2D eigenvalue weighted by molar-refractivity contribution is 0.0640. The zero-order valence-electron chi connectivity index (χ0n) is 17.0. The first-order valence-electron chi connectivity index (χ1n) is 10.4. The Kier molecular flexibility index (Phi) is 7.82. The van der Waals surface area contributed by atoms with E-state index in [1.165, 1.54) is 0 Å². The first-order chi connectivity index (χ1) is 14.1. The highest BCUT2D eigenvalue weighted by atomic mass is 16.5. The fourth-order valence-corrected chi connectivity index (χ4v) is 3.64. The molecule has 0 spiro atoms. The Bertz CT molecular complexity index is 771. The summed E-state index contributed by atoms with van der Waals surface area (Å²) in [6, 6.07) is 19.5. The highest BCUT2D eigenvalue weighted by Gasteiger charge is 2.27. The Morgan fingerprint density at radius 3 is 2.31 bits per heavy atom.